The second-order valence-corrected chi connectivity index (χ2v) is 4.26. The van der Waals surface area contributed by atoms with Gasteiger partial charge < -0.3 is 0 Å². The summed E-state index contributed by atoms with van der Waals surface area (Å²) < 4.78 is 0. The largest absolute Gasteiger partial charge is 0.252 e. The summed E-state index contributed by atoms with van der Waals surface area (Å²) in [6, 6.07) is 1.96. The van der Waals surface area contributed by atoms with Crippen LogP contribution in [0.4, 0.5) is 0 Å². The van der Waals surface area contributed by atoms with E-state index in [0.29, 0.717) is 0 Å². The van der Waals surface area contributed by atoms with E-state index in [4.69, 9.17) is 11.6 Å². The number of allylic oxidation sites excluding steroid dienone is 3. The van der Waals surface area contributed by atoms with Gasteiger partial charge in [-0.25, -0.2) is 0 Å². The summed E-state index contributed by atoms with van der Waals surface area (Å²) >= 11 is 6.24. The summed E-state index contributed by atoms with van der Waals surface area (Å²) in [5.41, 5.74) is 7.55. The molecule has 2 aliphatic carbocycles. The smallest absolute Gasteiger partial charge is 0.0797 e. The summed E-state index contributed by atoms with van der Waals surface area (Å²) in [4.78, 5) is 4.64. The molecule has 1 aromatic heterocycles. The molecule has 1 heterocycles. The van der Waals surface area contributed by atoms with Gasteiger partial charge in [-0.1, -0.05) is 17.7 Å². The predicted molar refractivity (Wildman–Crippen MR) is 61.9 cm³/mol. The van der Waals surface area contributed by atoms with E-state index in [2.05, 4.69) is 10.7 Å². The second kappa shape index (κ2) is 3.37. The summed E-state index contributed by atoms with van der Waals surface area (Å²) in [6.07, 6.45) is 9.20. The molecule has 0 bridgehead atoms. The van der Waals surface area contributed by atoms with Crippen LogP contribution in [0.25, 0.3) is 5.57 Å². The zero-order chi connectivity index (χ0) is 10.3. The minimum absolute atomic E-state index is 0.863. The van der Waals surface area contributed by atoms with Crippen LogP contribution >= 0.6 is 11.6 Å². The van der Waals surface area contributed by atoms with Crippen molar-refractivity contribution in [3.63, 3.8) is 0 Å². The minimum Gasteiger partial charge on any atom is -0.252 e. The molecule has 1 nitrogen and oxygen atoms in total. The second-order valence-electron chi connectivity index (χ2n) is 3.85. The SMILES string of the molecule is Clc1cc(C2=C=CC=C2)nc2c1CCC2. The van der Waals surface area contributed by atoms with Crippen molar-refractivity contribution in [3.05, 3.63) is 52.0 Å². The molecule has 0 amide bonds. The number of hydrogen-bond donors (Lipinski definition) is 0. The number of halogens is 1. The monoisotopic (exact) mass is 215 g/mol. The lowest BCUT2D eigenvalue weighted by molar-refractivity contribution is 0.898. The van der Waals surface area contributed by atoms with Crippen LogP contribution in [0, 0.1) is 0 Å². The molecular formula is C13H10ClN. The first-order valence-electron chi connectivity index (χ1n) is 5.16. The van der Waals surface area contributed by atoms with Crippen LogP contribution in [-0.4, -0.2) is 4.98 Å². The van der Waals surface area contributed by atoms with Gasteiger partial charge in [0.1, 0.15) is 0 Å². The van der Waals surface area contributed by atoms with Gasteiger partial charge >= 0.3 is 0 Å². The first kappa shape index (κ1) is 8.96. The molecule has 0 N–H and O–H groups in total. The van der Waals surface area contributed by atoms with Gasteiger partial charge in [0.2, 0.25) is 0 Å². The lowest BCUT2D eigenvalue weighted by atomic mass is 10.1. The van der Waals surface area contributed by atoms with E-state index in [1.54, 1.807) is 0 Å². The van der Waals surface area contributed by atoms with E-state index in [-0.39, 0.29) is 0 Å². The number of rotatable bonds is 1. The Morgan fingerprint density at radius 3 is 3.07 bits per heavy atom. The molecule has 3 rings (SSSR count). The molecule has 0 unspecified atom stereocenters. The Morgan fingerprint density at radius 2 is 2.27 bits per heavy atom. The maximum absolute atomic E-state index is 6.24. The van der Waals surface area contributed by atoms with Crippen molar-refractivity contribution in [3.8, 4) is 0 Å². The summed E-state index contributed by atoms with van der Waals surface area (Å²) in [6.45, 7) is 0. The van der Waals surface area contributed by atoms with E-state index in [0.717, 1.165) is 29.1 Å². The molecule has 2 heteroatoms. The zero-order valence-electron chi connectivity index (χ0n) is 8.26. The lowest BCUT2D eigenvalue weighted by Crippen LogP contribution is -1.94. The van der Waals surface area contributed by atoms with Gasteiger partial charge in [0.05, 0.1) is 5.69 Å². The highest BCUT2D eigenvalue weighted by atomic mass is 35.5. The molecular weight excluding hydrogens is 206 g/mol. The minimum atomic E-state index is 0.863. The third-order valence-corrected chi connectivity index (χ3v) is 3.21. The van der Waals surface area contributed by atoms with Crippen molar-refractivity contribution in [2.75, 3.05) is 0 Å². The first-order valence-corrected chi connectivity index (χ1v) is 5.54. The lowest BCUT2D eigenvalue weighted by Gasteiger charge is -2.05. The topological polar surface area (TPSA) is 12.9 Å². The molecule has 0 fully saturated rings. The van der Waals surface area contributed by atoms with E-state index >= 15 is 0 Å². The fourth-order valence-electron chi connectivity index (χ4n) is 2.12. The van der Waals surface area contributed by atoms with Crippen LogP contribution < -0.4 is 0 Å². The van der Waals surface area contributed by atoms with Gasteiger partial charge in [-0.3, -0.25) is 4.98 Å². The molecule has 0 atom stereocenters. The van der Waals surface area contributed by atoms with Crippen molar-refractivity contribution in [1.82, 2.24) is 4.98 Å². The van der Waals surface area contributed by atoms with Crippen LogP contribution in [0.15, 0.2) is 30.0 Å². The number of aromatic nitrogens is 1. The quantitative estimate of drug-likeness (QED) is 0.655. The molecule has 1 aromatic rings. The van der Waals surface area contributed by atoms with Gasteiger partial charge in [-0.05, 0) is 43.0 Å². The fraction of sp³-hybridized carbons (Fsp3) is 0.231. The van der Waals surface area contributed by atoms with Crippen LogP contribution in [-0.2, 0) is 12.8 Å². The van der Waals surface area contributed by atoms with Crippen molar-refractivity contribution in [1.29, 1.82) is 0 Å². The third-order valence-electron chi connectivity index (χ3n) is 2.87. The standard InChI is InChI=1S/C13H10ClN/c14-11-8-13(9-4-1-2-5-9)15-12-7-3-6-10(11)12/h1-2,4,8H,3,6-7H2. The Balaban J connectivity index is 2.15. The Morgan fingerprint density at radius 1 is 1.33 bits per heavy atom. The average molecular weight is 216 g/mol. The number of nitrogens with zero attached hydrogens (tertiary/aromatic N) is 1. The van der Waals surface area contributed by atoms with E-state index in [1.807, 2.05) is 24.3 Å². The molecule has 74 valence electrons. The van der Waals surface area contributed by atoms with Gasteiger partial charge in [0.15, 0.2) is 0 Å². The van der Waals surface area contributed by atoms with Crippen molar-refractivity contribution in [2.24, 2.45) is 0 Å². The summed E-state index contributed by atoms with van der Waals surface area (Å²) in [7, 11) is 0. The molecule has 0 aliphatic heterocycles. The highest BCUT2D eigenvalue weighted by molar-refractivity contribution is 6.31. The van der Waals surface area contributed by atoms with E-state index in [9.17, 15) is 0 Å². The van der Waals surface area contributed by atoms with Gasteiger partial charge in [0, 0.05) is 16.3 Å². The molecule has 0 radical (unpaired) electrons. The number of hydrogen-bond acceptors (Lipinski definition) is 1. The Labute approximate surface area is 93.8 Å². The third kappa shape index (κ3) is 1.45. The van der Waals surface area contributed by atoms with Crippen LogP contribution in [0.5, 0.6) is 0 Å². The highest BCUT2D eigenvalue weighted by Crippen LogP contribution is 2.30. The molecule has 0 saturated heterocycles. The summed E-state index contributed by atoms with van der Waals surface area (Å²) in [5, 5.41) is 0.863. The Kier molecular flexibility index (Phi) is 2.02. The number of fused-ring (bicyclic) bond motifs is 1. The van der Waals surface area contributed by atoms with Crippen LogP contribution in [0.3, 0.4) is 0 Å². The van der Waals surface area contributed by atoms with E-state index < -0.39 is 0 Å². The summed E-state index contributed by atoms with van der Waals surface area (Å²) in [5.74, 6) is 0. The first-order chi connectivity index (χ1) is 7.34. The molecule has 15 heavy (non-hydrogen) atoms. The fourth-order valence-corrected chi connectivity index (χ4v) is 2.43. The van der Waals surface area contributed by atoms with Gasteiger partial charge in [-0.2, -0.15) is 0 Å². The van der Waals surface area contributed by atoms with Gasteiger partial charge in [0.25, 0.3) is 0 Å². The predicted octanol–water partition coefficient (Wildman–Crippen LogP) is 3.33. The van der Waals surface area contributed by atoms with Gasteiger partial charge in [-0.15, -0.1) is 5.73 Å². The average Bonchev–Trinajstić information content (AvgIpc) is 2.88. The van der Waals surface area contributed by atoms with Crippen LogP contribution in [0.1, 0.15) is 23.4 Å². The zero-order valence-corrected chi connectivity index (χ0v) is 9.01. The molecule has 0 spiro atoms. The Bertz CT molecular complexity index is 520. The maximum Gasteiger partial charge on any atom is 0.0797 e. The number of aryl methyl sites for hydroxylation is 1. The van der Waals surface area contributed by atoms with Crippen molar-refractivity contribution < 1.29 is 0 Å². The van der Waals surface area contributed by atoms with Crippen molar-refractivity contribution in [2.45, 2.75) is 19.3 Å². The highest BCUT2D eigenvalue weighted by Gasteiger charge is 2.17. The maximum atomic E-state index is 6.24. The number of pyridine rings is 1. The normalized spacial score (nSPS) is 17.0. The van der Waals surface area contributed by atoms with E-state index in [1.165, 1.54) is 17.7 Å². The molecule has 0 aromatic carbocycles. The molecule has 0 saturated carbocycles. The Hall–Kier alpha value is -1.30. The van der Waals surface area contributed by atoms with Crippen molar-refractivity contribution >= 4 is 17.2 Å². The van der Waals surface area contributed by atoms with Crippen LogP contribution in [0.2, 0.25) is 5.02 Å². The molecule has 2 aliphatic rings.